The van der Waals surface area contributed by atoms with E-state index in [0.29, 0.717) is 5.69 Å². The highest BCUT2D eigenvalue weighted by Gasteiger charge is 2.08. The lowest BCUT2D eigenvalue weighted by atomic mass is 10.1. The molecule has 0 aliphatic rings. The molecule has 0 atom stereocenters. The summed E-state index contributed by atoms with van der Waals surface area (Å²) in [7, 11) is 1.44. The average molecular weight is 289 g/mol. The number of nitrogens with zero attached hydrogens (tertiary/aromatic N) is 2. The summed E-state index contributed by atoms with van der Waals surface area (Å²) in [5, 5.41) is 11.5. The topological polar surface area (TPSA) is 109 Å². The second-order valence-corrected chi connectivity index (χ2v) is 4.27. The van der Waals surface area contributed by atoms with E-state index in [2.05, 4.69) is 25.8 Å². The number of H-pyrrole nitrogens is 1. The minimum absolute atomic E-state index is 0.139. The first-order valence-corrected chi connectivity index (χ1v) is 6.19. The van der Waals surface area contributed by atoms with Crippen LogP contribution in [0.3, 0.4) is 0 Å². The van der Waals surface area contributed by atoms with E-state index in [1.807, 2.05) is 0 Å². The van der Waals surface area contributed by atoms with E-state index < -0.39 is 0 Å². The number of benzene rings is 1. The molecule has 0 spiro atoms. The van der Waals surface area contributed by atoms with Gasteiger partial charge in [0.05, 0.1) is 13.5 Å². The van der Waals surface area contributed by atoms with Gasteiger partial charge in [-0.25, -0.2) is 5.10 Å². The fourth-order valence-electron chi connectivity index (χ4n) is 1.66. The van der Waals surface area contributed by atoms with Gasteiger partial charge in [-0.05, 0) is 17.7 Å². The molecular weight excluding hydrogens is 274 g/mol. The van der Waals surface area contributed by atoms with E-state index >= 15 is 0 Å². The van der Waals surface area contributed by atoms with Crippen molar-refractivity contribution in [2.45, 2.75) is 13.3 Å². The number of ether oxygens (including phenoxy) is 1. The molecule has 0 fully saturated rings. The molecule has 2 amide bonds. The molecule has 110 valence electrons. The molecule has 8 heteroatoms. The van der Waals surface area contributed by atoms with E-state index in [9.17, 15) is 9.59 Å². The normalized spacial score (nSPS) is 10.0. The molecule has 0 radical (unpaired) electrons. The van der Waals surface area contributed by atoms with Crippen LogP contribution in [0.25, 0.3) is 0 Å². The Kier molecular flexibility index (Phi) is 4.50. The van der Waals surface area contributed by atoms with Crippen molar-refractivity contribution < 1.29 is 14.3 Å². The van der Waals surface area contributed by atoms with E-state index in [-0.39, 0.29) is 30.2 Å². The van der Waals surface area contributed by atoms with E-state index in [4.69, 9.17) is 4.74 Å². The van der Waals surface area contributed by atoms with Gasteiger partial charge in [-0.3, -0.25) is 14.9 Å². The Balaban J connectivity index is 1.91. The first-order valence-electron chi connectivity index (χ1n) is 6.19. The molecule has 1 aromatic heterocycles. The molecule has 0 saturated carbocycles. The number of amides is 2. The average Bonchev–Trinajstić information content (AvgIpc) is 2.88. The van der Waals surface area contributed by atoms with Crippen LogP contribution < -0.4 is 15.4 Å². The molecule has 0 aliphatic heterocycles. The summed E-state index contributed by atoms with van der Waals surface area (Å²) in [6.07, 6.45) is 0.184. The highest BCUT2D eigenvalue weighted by molar-refractivity contribution is 5.91. The Hall–Kier alpha value is -2.90. The smallest absolute Gasteiger partial charge is 0.336 e. The predicted molar refractivity (Wildman–Crippen MR) is 76.0 cm³/mol. The van der Waals surface area contributed by atoms with Crippen LogP contribution in [-0.4, -0.2) is 34.1 Å². The number of methoxy groups -OCH3 is 1. The van der Waals surface area contributed by atoms with Crippen LogP contribution in [0.5, 0.6) is 6.01 Å². The number of hydrogen-bond donors (Lipinski definition) is 3. The summed E-state index contributed by atoms with van der Waals surface area (Å²) in [6.45, 7) is 1.44. The molecule has 8 nitrogen and oxygen atoms in total. The number of nitrogens with one attached hydrogen (secondary N) is 3. The molecule has 0 saturated heterocycles. The van der Waals surface area contributed by atoms with E-state index in [1.54, 1.807) is 24.3 Å². The lowest BCUT2D eigenvalue weighted by Crippen LogP contribution is -2.15. The Morgan fingerprint density at radius 2 is 1.95 bits per heavy atom. The first kappa shape index (κ1) is 14.5. The van der Waals surface area contributed by atoms with Crippen molar-refractivity contribution in [1.29, 1.82) is 0 Å². The van der Waals surface area contributed by atoms with Crippen LogP contribution >= 0.6 is 0 Å². The summed E-state index contributed by atoms with van der Waals surface area (Å²) in [5.74, 6) is -0.146. The predicted octanol–water partition coefficient (Wildman–Crippen LogP) is 0.953. The number of carbonyl (C=O) groups excluding carboxylic acids is 2. The second-order valence-electron chi connectivity index (χ2n) is 4.27. The highest BCUT2D eigenvalue weighted by Crippen LogP contribution is 2.11. The van der Waals surface area contributed by atoms with Gasteiger partial charge in [0.1, 0.15) is 0 Å². The van der Waals surface area contributed by atoms with Gasteiger partial charge in [0.25, 0.3) is 0 Å². The van der Waals surface area contributed by atoms with E-state index in [1.165, 1.54) is 14.0 Å². The van der Waals surface area contributed by atoms with Gasteiger partial charge in [-0.15, -0.1) is 5.10 Å². The molecule has 0 bridgehead atoms. The monoisotopic (exact) mass is 289 g/mol. The molecule has 2 rings (SSSR count). The van der Waals surface area contributed by atoms with Gasteiger partial charge >= 0.3 is 6.01 Å². The quantitative estimate of drug-likeness (QED) is 0.759. The SMILES string of the molecule is COc1n[nH]c(NC(=O)Cc2ccc(NC(C)=O)cc2)n1. The maximum Gasteiger partial charge on any atom is 0.336 e. The van der Waals surface area contributed by atoms with Gasteiger partial charge in [0.15, 0.2) is 0 Å². The molecular formula is C13H15N5O3. The Labute approximate surface area is 120 Å². The summed E-state index contributed by atoms with van der Waals surface area (Å²) in [4.78, 5) is 26.6. The lowest BCUT2D eigenvalue weighted by molar-refractivity contribution is -0.116. The van der Waals surface area contributed by atoms with Gasteiger partial charge in [-0.2, -0.15) is 4.98 Å². The zero-order valence-electron chi connectivity index (χ0n) is 11.6. The van der Waals surface area contributed by atoms with Crippen molar-refractivity contribution in [3.05, 3.63) is 29.8 Å². The molecule has 0 unspecified atom stereocenters. The van der Waals surface area contributed by atoms with Crippen molar-refractivity contribution in [3.8, 4) is 6.01 Å². The molecule has 3 N–H and O–H groups in total. The second kappa shape index (κ2) is 6.51. The van der Waals surface area contributed by atoms with Crippen LogP contribution in [0.4, 0.5) is 11.6 Å². The van der Waals surface area contributed by atoms with Gasteiger partial charge in [-0.1, -0.05) is 12.1 Å². The van der Waals surface area contributed by atoms with Crippen molar-refractivity contribution in [2.24, 2.45) is 0 Å². The summed E-state index contributed by atoms with van der Waals surface area (Å²) in [5.41, 5.74) is 1.50. The first-order chi connectivity index (χ1) is 10.1. The Morgan fingerprint density at radius 3 is 2.52 bits per heavy atom. The van der Waals surface area contributed by atoms with Crippen LogP contribution in [0.1, 0.15) is 12.5 Å². The van der Waals surface area contributed by atoms with Crippen molar-refractivity contribution in [2.75, 3.05) is 17.7 Å². The number of hydrogen-bond acceptors (Lipinski definition) is 5. The third kappa shape index (κ3) is 4.30. The van der Waals surface area contributed by atoms with Crippen molar-refractivity contribution in [3.63, 3.8) is 0 Å². The van der Waals surface area contributed by atoms with Crippen molar-refractivity contribution >= 4 is 23.5 Å². The van der Waals surface area contributed by atoms with Gasteiger partial charge in [0, 0.05) is 12.6 Å². The Bertz CT molecular complexity index is 636. The Morgan fingerprint density at radius 1 is 1.24 bits per heavy atom. The van der Waals surface area contributed by atoms with Crippen LogP contribution in [0.15, 0.2) is 24.3 Å². The number of aromatic amines is 1. The third-order valence-electron chi connectivity index (χ3n) is 2.54. The zero-order chi connectivity index (χ0) is 15.2. The van der Waals surface area contributed by atoms with Crippen molar-refractivity contribution in [1.82, 2.24) is 15.2 Å². The third-order valence-corrected chi connectivity index (χ3v) is 2.54. The number of anilines is 2. The lowest BCUT2D eigenvalue weighted by Gasteiger charge is -2.04. The number of aromatic nitrogens is 3. The van der Waals surface area contributed by atoms with Gasteiger partial charge in [0.2, 0.25) is 17.8 Å². The molecule has 1 heterocycles. The number of carbonyl (C=O) groups is 2. The molecule has 21 heavy (non-hydrogen) atoms. The van der Waals surface area contributed by atoms with Gasteiger partial charge < -0.3 is 10.1 Å². The summed E-state index contributed by atoms with van der Waals surface area (Å²) >= 11 is 0. The van der Waals surface area contributed by atoms with Crippen LogP contribution in [-0.2, 0) is 16.0 Å². The van der Waals surface area contributed by atoms with Crippen LogP contribution in [0, 0.1) is 0 Å². The standard InChI is InChI=1S/C13H15N5O3/c1-8(19)14-10-5-3-9(4-6-10)7-11(20)15-12-16-13(21-2)18-17-12/h3-6H,7H2,1-2H3,(H,14,19)(H2,15,16,17,18,20). The molecule has 1 aromatic carbocycles. The highest BCUT2D eigenvalue weighted by atomic mass is 16.5. The largest absolute Gasteiger partial charge is 0.466 e. The molecule has 0 aliphatic carbocycles. The maximum atomic E-state index is 11.8. The van der Waals surface area contributed by atoms with Crippen LogP contribution in [0.2, 0.25) is 0 Å². The fraction of sp³-hybridized carbons (Fsp3) is 0.231. The fourth-order valence-corrected chi connectivity index (χ4v) is 1.66. The summed E-state index contributed by atoms with van der Waals surface area (Å²) in [6, 6.07) is 7.17. The minimum atomic E-state index is -0.235. The zero-order valence-corrected chi connectivity index (χ0v) is 11.6. The molecule has 2 aromatic rings. The van der Waals surface area contributed by atoms with E-state index in [0.717, 1.165) is 5.56 Å². The minimum Gasteiger partial charge on any atom is -0.466 e. The maximum absolute atomic E-state index is 11.8. The number of rotatable bonds is 5. The summed E-state index contributed by atoms with van der Waals surface area (Å²) < 4.78 is 4.80.